The molecule has 0 bridgehead atoms. The van der Waals surface area contributed by atoms with Crippen molar-refractivity contribution in [2.45, 2.75) is 33.1 Å². The molecule has 0 amide bonds. The minimum atomic E-state index is -0.346. The van der Waals surface area contributed by atoms with Crippen molar-refractivity contribution in [2.75, 3.05) is 0 Å². The topological polar surface area (TPSA) is 86.7 Å². The Morgan fingerprint density at radius 1 is 0.875 bits per heavy atom. The largest absolute Gasteiger partial charge is 0.393 e. The predicted octanol–water partition coefficient (Wildman–Crippen LogP) is 1.94. The van der Waals surface area contributed by atoms with Crippen LogP contribution in [0.2, 0.25) is 0 Å². The van der Waals surface area contributed by atoms with Gasteiger partial charge < -0.3 is 9.47 Å². The minimum absolute atomic E-state index is 0.141. The Bertz CT molecular complexity index is 652. The number of hydrogen-bond donors (Lipinski definition) is 0. The molecule has 0 aromatic heterocycles. The maximum Gasteiger partial charge on any atom is 0.318 e. The van der Waals surface area contributed by atoms with Gasteiger partial charge in [0.25, 0.3) is 0 Å². The first-order valence-corrected chi connectivity index (χ1v) is 8.22. The van der Waals surface area contributed by atoms with Crippen molar-refractivity contribution in [1.29, 1.82) is 0 Å². The summed E-state index contributed by atoms with van der Waals surface area (Å²) in [5.74, 6) is -2.04. The standard InChI is InChI=1S/2C9H10O3/c1-5-2-3-6-7(4-5)9(11)12-8(6)10;1-5-3-2-4-6-7(5)9(11)12-8(6)10/h2,6-7H,3-4H2,1H3;2-3,5-7H,4H2,1H3. The molecule has 2 fully saturated rings. The van der Waals surface area contributed by atoms with Gasteiger partial charge in [-0.25, -0.2) is 0 Å². The Kier molecular flexibility index (Phi) is 4.39. The van der Waals surface area contributed by atoms with Crippen molar-refractivity contribution in [3.8, 4) is 0 Å². The van der Waals surface area contributed by atoms with Crippen LogP contribution >= 0.6 is 0 Å². The molecule has 0 aromatic carbocycles. The number of cyclic esters (lactones) is 4. The van der Waals surface area contributed by atoms with E-state index in [4.69, 9.17) is 0 Å². The summed E-state index contributed by atoms with van der Waals surface area (Å²) in [5.41, 5.74) is 1.18. The first-order chi connectivity index (χ1) is 11.4. The summed E-state index contributed by atoms with van der Waals surface area (Å²) in [7, 11) is 0. The molecule has 6 heteroatoms. The van der Waals surface area contributed by atoms with Crippen LogP contribution < -0.4 is 0 Å². The highest BCUT2D eigenvalue weighted by molar-refractivity contribution is 5.97. The third-order valence-corrected chi connectivity index (χ3v) is 5.16. The molecule has 4 aliphatic rings. The lowest BCUT2D eigenvalue weighted by molar-refractivity contribution is -0.155. The number of carbonyl (C=O) groups excluding carboxylic acids is 4. The molecular formula is C18H20O6. The van der Waals surface area contributed by atoms with Crippen LogP contribution in [-0.2, 0) is 28.7 Å². The molecule has 2 saturated heterocycles. The van der Waals surface area contributed by atoms with Gasteiger partial charge in [-0.15, -0.1) is 0 Å². The molecule has 24 heavy (non-hydrogen) atoms. The van der Waals surface area contributed by atoms with Crippen LogP contribution in [0.3, 0.4) is 0 Å². The van der Waals surface area contributed by atoms with E-state index in [1.165, 1.54) is 5.57 Å². The molecule has 2 heterocycles. The molecule has 0 aromatic rings. The molecular weight excluding hydrogens is 312 g/mol. The fourth-order valence-corrected chi connectivity index (χ4v) is 3.76. The van der Waals surface area contributed by atoms with Gasteiger partial charge in [-0.05, 0) is 32.1 Å². The van der Waals surface area contributed by atoms with Crippen LogP contribution in [0.4, 0.5) is 0 Å². The van der Waals surface area contributed by atoms with Crippen LogP contribution in [0.25, 0.3) is 0 Å². The van der Waals surface area contributed by atoms with Crippen LogP contribution in [0.5, 0.6) is 0 Å². The van der Waals surface area contributed by atoms with E-state index in [1.807, 2.05) is 32.1 Å². The summed E-state index contributed by atoms with van der Waals surface area (Å²) in [4.78, 5) is 44.4. The Labute approximate surface area is 139 Å². The highest BCUT2D eigenvalue weighted by Gasteiger charge is 2.47. The summed E-state index contributed by atoms with van der Waals surface area (Å²) in [6, 6.07) is 0. The average molecular weight is 332 g/mol. The highest BCUT2D eigenvalue weighted by atomic mass is 16.6. The van der Waals surface area contributed by atoms with E-state index in [9.17, 15) is 19.2 Å². The fraction of sp³-hybridized carbons (Fsp3) is 0.556. The van der Waals surface area contributed by atoms with E-state index >= 15 is 0 Å². The summed E-state index contributed by atoms with van der Waals surface area (Å²) < 4.78 is 9.11. The number of hydrogen-bond acceptors (Lipinski definition) is 6. The van der Waals surface area contributed by atoms with Gasteiger partial charge in [0.1, 0.15) is 0 Å². The molecule has 0 N–H and O–H groups in total. The minimum Gasteiger partial charge on any atom is -0.393 e. The van der Waals surface area contributed by atoms with Gasteiger partial charge >= 0.3 is 23.9 Å². The van der Waals surface area contributed by atoms with E-state index in [0.29, 0.717) is 19.3 Å². The van der Waals surface area contributed by atoms with Gasteiger partial charge in [0.2, 0.25) is 0 Å². The highest BCUT2D eigenvalue weighted by Crippen LogP contribution is 2.37. The molecule has 0 radical (unpaired) electrons. The lowest BCUT2D eigenvalue weighted by atomic mass is 9.78. The zero-order valence-corrected chi connectivity index (χ0v) is 13.7. The third kappa shape index (κ3) is 2.92. The van der Waals surface area contributed by atoms with Crippen molar-refractivity contribution in [3.63, 3.8) is 0 Å². The van der Waals surface area contributed by atoms with Crippen LogP contribution in [-0.4, -0.2) is 23.9 Å². The van der Waals surface area contributed by atoms with Crippen LogP contribution in [0, 0.1) is 29.6 Å². The first-order valence-electron chi connectivity index (χ1n) is 8.22. The van der Waals surface area contributed by atoms with E-state index in [2.05, 4.69) is 9.47 Å². The number of ether oxygens (including phenoxy) is 2. The number of carbonyl (C=O) groups is 4. The molecule has 6 nitrogen and oxygen atoms in total. The van der Waals surface area contributed by atoms with Gasteiger partial charge in [0, 0.05) is 0 Å². The summed E-state index contributed by atoms with van der Waals surface area (Å²) in [5, 5.41) is 0. The number of fused-ring (bicyclic) bond motifs is 2. The maximum absolute atomic E-state index is 11.2. The first kappa shape index (κ1) is 16.6. The van der Waals surface area contributed by atoms with E-state index in [1.54, 1.807) is 0 Å². The number of esters is 4. The SMILES string of the molecule is CC1=CCC2C(=O)OC(=O)C2C1.CC1C=CCC2C(=O)OC(=O)C12. The van der Waals surface area contributed by atoms with Crippen molar-refractivity contribution in [2.24, 2.45) is 29.6 Å². The number of rotatable bonds is 0. The predicted molar refractivity (Wildman–Crippen MR) is 82.1 cm³/mol. The van der Waals surface area contributed by atoms with Gasteiger partial charge in [-0.1, -0.05) is 30.7 Å². The second kappa shape index (κ2) is 6.34. The van der Waals surface area contributed by atoms with Gasteiger partial charge in [-0.3, -0.25) is 19.2 Å². The van der Waals surface area contributed by atoms with Crippen molar-refractivity contribution in [3.05, 3.63) is 23.8 Å². The Hall–Kier alpha value is -2.24. The van der Waals surface area contributed by atoms with Gasteiger partial charge in [0.05, 0.1) is 23.7 Å². The Balaban J connectivity index is 0.000000141. The second-order valence-corrected chi connectivity index (χ2v) is 6.84. The van der Waals surface area contributed by atoms with Crippen molar-refractivity contribution in [1.82, 2.24) is 0 Å². The Morgan fingerprint density at radius 3 is 2.21 bits per heavy atom. The van der Waals surface area contributed by atoms with Crippen LogP contribution in [0.1, 0.15) is 33.1 Å². The molecule has 2 aliphatic heterocycles. The third-order valence-electron chi connectivity index (χ3n) is 5.16. The fourth-order valence-electron chi connectivity index (χ4n) is 3.76. The van der Waals surface area contributed by atoms with Crippen LogP contribution in [0.15, 0.2) is 23.8 Å². The Morgan fingerprint density at radius 2 is 1.50 bits per heavy atom. The monoisotopic (exact) mass is 332 g/mol. The maximum atomic E-state index is 11.2. The summed E-state index contributed by atoms with van der Waals surface area (Å²) in [6.07, 6.45) is 7.95. The van der Waals surface area contributed by atoms with Crippen molar-refractivity contribution < 1.29 is 28.7 Å². The zero-order chi connectivity index (χ0) is 17.4. The van der Waals surface area contributed by atoms with E-state index in [-0.39, 0.29) is 53.5 Å². The summed E-state index contributed by atoms with van der Waals surface area (Å²) >= 11 is 0. The second-order valence-electron chi connectivity index (χ2n) is 6.84. The molecule has 0 spiro atoms. The smallest absolute Gasteiger partial charge is 0.318 e. The normalized spacial score (nSPS) is 36.9. The van der Waals surface area contributed by atoms with E-state index in [0.717, 1.165) is 0 Å². The molecule has 2 aliphatic carbocycles. The summed E-state index contributed by atoms with van der Waals surface area (Å²) in [6.45, 7) is 3.92. The van der Waals surface area contributed by atoms with Gasteiger partial charge in [-0.2, -0.15) is 0 Å². The van der Waals surface area contributed by atoms with Gasteiger partial charge in [0.15, 0.2) is 0 Å². The number of allylic oxidation sites excluding steroid dienone is 4. The van der Waals surface area contributed by atoms with Crippen molar-refractivity contribution >= 4 is 23.9 Å². The molecule has 128 valence electrons. The quantitative estimate of drug-likeness (QED) is 0.383. The molecule has 5 atom stereocenters. The zero-order valence-electron chi connectivity index (χ0n) is 13.7. The molecule has 5 unspecified atom stereocenters. The lowest BCUT2D eigenvalue weighted by Crippen LogP contribution is -2.25. The molecule has 0 saturated carbocycles. The molecule has 4 rings (SSSR count). The lowest BCUT2D eigenvalue weighted by Gasteiger charge is -2.20. The van der Waals surface area contributed by atoms with E-state index < -0.39 is 0 Å². The average Bonchev–Trinajstić information content (AvgIpc) is 2.98.